The fourth-order valence-corrected chi connectivity index (χ4v) is 1.84. The molecule has 2 rings (SSSR count). The summed E-state index contributed by atoms with van der Waals surface area (Å²) >= 11 is 0. The number of aryl methyl sites for hydroxylation is 2. The first kappa shape index (κ1) is 14.1. The Labute approximate surface area is 117 Å². The minimum atomic E-state index is 0.349. The minimum absolute atomic E-state index is 0.349. The van der Waals surface area contributed by atoms with E-state index in [2.05, 4.69) is 5.16 Å². The standard InChI is InChI=1S/C15H17NO4/c1-4-18-15-7-12(8-17)5-6-14(15)19-9-13-10(2)16-20-11(13)3/h5-8H,4,9H2,1-3H3. The average molecular weight is 275 g/mol. The van der Waals surface area contributed by atoms with Crippen molar-refractivity contribution in [3.05, 3.63) is 40.8 Å². The van der Waals surface area contributed by atoms with E-state index < -0.39 is 0 Å². The highest BCUT2D eigenvalue weighted by Gasteiger charge is 2.12. The summed E-state index contributed by atoms with van der Waals surface area (Å²) in [7, 11) is 0. The third kappa shape index (κ3) is 2.99. The molecule has 5 nitrogen and oxygen atoms in total. The lowest BCUT2D eigenvalue weighted by Gasteiger charge is -2.12. The maximum Gasteiger partial charge on any atom is 0.161 e. The molecule has 0 aliphatic rings. The molecule has 0 unspecified atom stereocenters. The van der Waals surface area contributed by atoms with E-state index in [4.69, 9.17) is 14.0 Å². The molecule has 5 heteroatoms. The van der Waals surface area contributed by atoms with Gasteiger partial charge in [0.2, 0.25) is 0 Å². The number of ether oxygens (including phenoxy) is 2. The molecule has 0 aliphatic heterocycles. The van der Waals surface area contributed by atoms with Gasteiger partial charge in [-0.2, -0.15) is 0 Å². The first-order chi connectivity index (χ1) is 9.65. The van der Waals surface area contributed by atoms with Gasteiger partial charge in [-0.15, -0.1) is 0 Å². The van der Waals surface area contributed by atoms with Crippen LogP contribution >= 0.6 is 0 Å². The van der Waals surface area contributed by atoms with E-state index in [-0.39, 0.29) is 0 Å². The Hall–Kier alpha value is -2.30. The van der Waals surface area contributed by atoms with Crippen LogP contribution in [0.25, 0.3) is 0 Å². The van der Waals surface area contributed by atoms with Crippen LogP contribution in [-0.2, 0) is 6.61 Å². The van der Waals surface area contributed by atoms with Gasteiger partial charge in [0.15, 0.2) is 11.5 Å². The van der Waals surface area contributed by atoms with Gasteiger partial charge in [-0.05, 0) is 39.0 Å². The molecule has 0 atom stereocenters. The topological polar surface area (TPSA) is 61.6 Å². The van der Waals surface area contributed by atoms with Gasteiger partial charge in [-0.1, -0.05) is 5.16 Å². The van der Waals surface area contributed by atoms with E-state index in [0.717, 1.165) is 23.3 Å². The molecule has 0 amide bonds. The largest absolute Gasteiger partial charge is 0.490 e. The van der Waals surface area contributed by atoms with E-state index >= 15 is 0 Å². The number of carbonyl (C=O) groups excluding carboxylic acids is 1. The maximum absolute atomic E-state index is 10.8. The Morgan fingerprint density at radius 1 is 1.25 bits per heavy atom. The van der Waals surface area contributed by atoms with Crippen LogP contribution in [0.2, 0.25) is 0 Å². The predicted octanol–water partition coefficient (Wildman–Crippen LogP) is 3.08. The molecule has 1 heterocycles. The summed E-state index contributed by atoms with van der Waals surface area (Å²) in [5.41, 5.74) is 2.29. The van der Waals surface area contributed by atoms with Crippen LogP contribution in [-0.4, -0.2) is 18.0 Å². The van der Waals surface area contributed by atoms with Crippen molar-refractivity contribution in [1.29, 1.82) is 0 Å². The summed E-state index contributed by atoms with van der Waals surface area (Å²) in [6, 6.07) is 5.09. The number of nitrogens with zero attached hydrogens (tertiary/aromatic N) is 1. The number of rotatable bonds is 6. The van der Waals surface area contributed by atoms with Gasteiger partial charge in [-0.3, -0.25) is 4.79 Å². The van der Waals surface area contributed by atoms with E-state index in [1.54, 1.807) is 18.2 Å². The Bertz CT molecular complexity index is 584. The Balaban J connectivity index is 2.18. The van der Waals surface area contributed by atoms with Crippen LogP contribution in [0.15, 0.2) is 22.7 Å². The zero-order chi connectivity index (χ0) is 14.5. The zero-order valence-electron chi connectivity index (χ0n) is 11.8. The van der Waals surface area contributed by atoms with Crippen LogP contribution in [0.3, 0.4) is 0 Å². The quantitative estimate of drug-likeness (QED) is 0.758. The molecule has 0 bridgehead atoms. The van der Waals surface area contributed by atoms with Gasteiger partial charge in [-0.25, -0.2) is 0 Å². The molecule has 0 saturated heterocycles. The van der Waals surface area contributed by atoms with E-state index in [1.165, 1.54) is 0 Å². The smallest absolute Gasteiger partial charge is 0.161 e. The summed E-state index contributed by atoms with van der Waals surface area (Å²) in [5, 5.41) is 3.88. The average Bonchev–Trinajstić information content (AvgIpc) is 2.77. The molecule has 0 aliphatic carbocycles. The molecular weight excluding hydrogens is 258 g/mol. The summed E-state index contributed by atoms with van der Waals surface area (Å²) in [6.45, 7) is 6.45. The van der Waals surface area contributed by atoms with Crippen molar-refractivity contribution in [2.45, 2.75) is 27.4 Å². The predicted molar refractivity (Wildman–Crippen MR) is 73.3 cm³/mol. The summed E-state index contributed by atoms with van der Waals surface area (Å²) in [5.74, 6) is 1.89. The zero-order valence-corrected chi connectivity index (χ0v) is 11.8. The van der Waals surface area contributed by atoms with Crippen molar-refractivity contribution >= 4 is 6.29 Å². The second-order valence-electron chi connectivity index (χ2n) is 4.35. The monoisotopic (exact) mass is 275 g/mol. The van der Waals surface area contributed by atoms with Gasteiger partial charge in [0.25, 0.3) is 0 Å². The molecule has 20 heavy (non-hydrogen) atoms. The Morgan fingerprint density at radius 2 is 2.05 bits per heavy atom. The molecule has 2 aromatic rings. The van der Waals surface area contributed by atoms with Crippen LogP contribution in [0.4, 0.5) is 0 Å². The third-order valence-electron chi connectivity index (χ3n) is 2.96. The second-order valence-corrected chi connectivity index (χ2v) is 4.35. The number of hydrogen-bond donors (Lipinski definition) is 0. The van der Waals surface area contributed by atoms with Gasteiger partial charge < -0.3 is 14.0 Å². The number of aromatic nitrogens is 1. The highest BCUT2D eigenvalue weighted by Crippen LogP contribution is 2.29. The summed E-state index contributed by atoms with van der Waals surface area (Å²) < 4.78 is 16.3. The number of aldehydes is 1. The first-order valence-corrected chi connectivity index (χ1v) is 6.42. The van der Waals surface area contributed by atoms with Gasteiger partial charge in [0.05, 0.1) is 17.9 Å². The number of hydrogen-bond acceptors (Lipinski definition) is 5. The highest BCUT2D eigenvalue weighted by molar-refractivity contribution is 5.76. The van der Waals surface area contributed by atoms with Gasteiger partial charge >= 0.3 is 0 Å². The molecule has 106 valence electrons. The van der Waals surface area contributed by atoms with Crippen LogP contribution < -0.4 is 9.47 Å². The van der Waals surface area contributed by atoms with Gasteiger partial charge in [0, 0.05) is 5.56 Å². The Kier molecular flexibility index (Phi) is 4.40. The molecule has 0 radical (unpaired) electrons. The molecule has 1 aromatic heterocycles. The molecule has 0 fully saturated rings. The van der Waals surface area contributed by atoms with Crippen molar-refractivity contribution in [3.63, 3.8) is 0 Å². The minimum Gasteiger partial charge on any atom is -0.490 e. The Morgan fingerprint density at radius 3 is 2.65 bits per heavy atom. The fraction of sp³-hybridized carbons (Fsp3) is 0.333. The molecule has 0 saturated carbocycles. The van der Waals surface area contributed by atoms with Crippen molar-refractivity contribution in [1.82, 2.24) is 5.16 Å². The van der Waals surface area contributed by atoms with E-state index in [0.29, 0.717) is 30.3 Å². The third-order valence-corrected chi connectivity index (χ3v) is 2.96. The van der Waals surface area contributed by atoms with Crippen molar-refractivity contribution < 1.29 is 18.8 Å². The molecule has 1 aromatic carbocycles. The highest BCUT2D eigenvalue weighted by atomic mass is 16.5. The normalized spacial score (nSPS) is 10.3. The molecular formula is C15H17NO4. The van der Waals surface area contributed by atoms with Crippen molar-refractivity contribution in [2.75, 3.05) is 6.61 Å². The van der Waals surface area contributed by atoms with Crippen molar-refractivity contribution in [2.24, 2.45) is 0 Å². The lowest BCUT2D eigenvalue weighted by Crippen LogP contribution is -2.01. The second kappa shape index (κ2) is 6.23. The lowest BCUT2D eigenvalue weighted by molar-refractivity contribution is 0.112. The first-order valence-electron chi connectivity index (χ1n) is 6.42. The summed E-state index contributed by atoms with van der Waals surface area (Å²) in [6.07, 6.45) is 0.778. The lowest BCUT2D eigenvalue weighted by atomic mass is 10.2. The fourth-order valence-electron chi connectivity index (χ4n) is 1.84. The number of benzene rings is 1. The maximum atomic E-state index is 10.8. The molecule has 0 N–H and O–H groups in total. The van der Waals surface area contributed by atoms with E-state index in [9.17, 15) is 4.79 Å². The SMILES string of the molecule is CCOc1cc(C=O)ccc1OCc1c(C)noc1C. The number of carbonyl (C=O) groups is 1. The van der Waals surface area contributed by atoms with Crippen molar-refractivity contribution in [3.8, 4) is 11.5 Å². The summed E-state index contributed by atoms with van der Waals surface area (Å²) in [4.78, 5) is 10.8. The van der Waals surface area contributed by atoms with Crippen LogP contribution in [0.5, 0.6) is 11.5 Å². The van der Waals surface area contributed by atoms with E-state index in [1.807, 2.05) is 20.8 Å². The van der Waals surface area contributed by atoms with Gasteiger partial charge in [0.1, 0.15) is 18.7 Å². The molecule has 0 spiro atoms. The van der Waals surface area contributed by atoms with Crippen LogP contribution in [0.1, 0.15) is 34.3 Å². The van der Waals surface area contributed by atoms with Crippen LogP contribution in [0, 0.1) is 13.8 Å².